The van der Waals surface area contributed by atoms with Gasteiger partial charge < -0.3 is 10.4 Å². The van der Waals surface area contributed by atoms with Crippen molar-refractivity contribution in [3.63, 3.8) is 0 Å². The predicted molar refractivity (Wildman–Crippen MR) is 170 cm³/mol. The lowest BCUT2D eigenvalue weighted by Crippen LogP contribution is -2.31. The van der Waals surface area contributed by atoms with E-state index >= 15 is 0 Å². The van der Waals surface area contributed by atoms with Gasteiger partial charge >= 0.3 is 0 Å². The fraction of sp³-hybridized carbons (Fsp3) is 0.818. The Kier molecular flexibility index (Phi) is 35.8. The van der Waals surface area contributed by atoms with Gasteiger partial charge in [0.15, 0.2) is 0 Å². The van der Waals surface area contributed by atoms with Crippen LogP contribution in [0.25, 0.3) is 6.08 Å². The standard InChI is InChI=1S/C12H18N2.C7H15NO.C4H8.C4H10.3C2H6/c1-9(12(3,4)5)8-11-10(2)13-6-7-14-11;9-6-7-4-2-1-3-5-8-7;1-4-2-3-4;1-3-4-2;3*1-2/h6-8H,1-5H3;7-9H,1-6H2;4H,2-3H2,1H3;3-4H2,1-2H3;3*1-2H3/b9-8+;;;;;;. The molecule has 0 aromatic carbocycles. The average molecular weight is 524 g/mol. The van der Waals surface area contributed by atoms with Crippen LogP contribution in [0, 0.1) is 18.3 Å². The molecular formula is C33H69N3O. The molecule has 1 atom stereocenters. The van der Waals surface area contributed by atoms with Crippen LogP contribution in [0.1, 0.15) is 153 Å². The van der Waals surface area contributed by atoms with Crippen molar-refractivity contribution in [3.8, 4) is 0 Å². The van der Waals surface area contributed by atoms with Crippen molar-refractivity contribution in [1.29, 1.82) is 0 Å². The molecule has 37 heavy (non-hydrogen) atoms. The Balaban J connectivity index is -0.000000203. The molecule has 1 aromatic heterocycles. The Bertz CT molecular complexity index is 579. The number of allylic oxidation sites excluding steroid dienone is 1. The lowest BCUT2D eigenvalue weighted by molar-refractivity contribution is 0.240. The van der Waals surface area contributed by atoms with Gasteiger partial charge in [-0.05, 0) is 50.6 Å². The largest absolute Gasteiger partial charge is 0.395 e. The van der Waals surface area contributed by atoms with Gasteiger partial charge in [0.25, 0.3) is 0 Å². The van der Waals surface area contributed by atoms with Gasteiger partial charge in [-0.1, -0.05) is 127 Å². The summed E-state index contributed by atoms with van der Waals surface area (Å²) in [6, 6.07) is 0.382. The Morgan fingerprint density at radius 1 is 0.919 bits per heavy atom. The van der Waals surface area contributed by atoms with E-state index in [9.17, 15) is 0 Å². The molecule has 0 radical (unpaired) electrons. The van der Waals surface area contributed by atoms with Crippen LogP contribution in [-0.4, -0.2) is 34.3 Å². The molecule has 2 aliphatic rings. The van der Waals surface area contributed by atoms with Crippen LogP contribution in [0.2, 0.25) is 0 Å². The van der Waals surface area contributed by atoms with E-state index in [2.05, 4.69) is 69.8 Å². The molecule has 222 valence electrons. The summed E-state index contributed by atoms with van der Waals surface area (Å²) >= 11 is 0. The first-order valence-electron chi connectivity index (χ1n) is 15.5. The highest BCUT2D eigenvalue weighted by Crippen LogP contribution is 2.27. The highest BCUT2D eigenvalue weighted by atomic mass is 16.3. The second-order valence-corrected chi connectivity index (χ2v) is 9.97. The molecule has 1 aromatic rings. The number of aryl methyl sites for hydroxylation is 1. The van der Waals surface area contributed by atoms with Gasteiger partial charge in [-0.2, -0.15) is 0 Å². The molecule has 2 N–H and O–H groups in total. The quantitative estimate of drug-likeness (QED) is 0.414. The molecule has 0 amide bonds. The number of hydrogen-bond donors (Lipinski definition) is 2. The van der Waals surface area contributed by atoms with Crippen molar-refractivity contribution in [1.82, 2.24) is 15.3 Å². The van der Waals surface area contributed by atoms with Crippen LogP contribution in [-0.2, 0) is 0 Å². The number of aliphatic hydroxyl groups is 1. The zero-order valence-electron chi connectivity index (χ0n) is 27.8. The maximum Gasteiger partial charge on any atom is 0.0841 e. The average Bonchev–Trinajstić information content (AvgIpc) is 3.75. The minimum Gasteiger partial charge on any atom is -0.395 e. The summed E-state index contributed by atoms with van der Waals surface area (Å²) in [5.41, 5.74) is 3.47. The van der Waals surface area contributed by atoms with E-state index in [1.165, 1.54) is 50.5 Å². The normalized spacial score (nSPS) is 16.3. The van der Waals surface area contributed by atoms with E-state index in [1.54, 1.807) is 12.4 Å². The highest BCUT2D eigenvalue weighted by molar-refractivity contribution is 5.51. The van der Waals surface area contributed by atoms with Gasteiger partial charge in [0.1, 0.15) is 0 Å². The maximum absolute atomic E-state index is 8.75. The van der Waals surface area contributed by atoms with Crippen molar-refractivity contribution >= 4 is 6.08 Å². The first-order valence-corrected chi connectivity index (χ1v) is 15.5. The molecule has 1 saturated heterocycles. The van der Waals surface area contributed by atoms with Crippen molar-refractivity contribution in [2.24, 2.45) is 11.3 Å². The van der Waals surface area contributed by atoms with Gasteiger partial charge in [-0.3, -0.25) is 9.97 Å². The Morgan fingerprint density at radius 3 is 1.78 bits per heavy atom. The second kappa shape index (κ2) is 31.0. The van der Waals surface area contributed by atoms with Gasteiger partial charge in [0.05, 0.1) is 18.0 Å². The van der Waals surface area contributed by atoms with E-state index in [4.69, 9.17) is 5.11 Å². The Hall–Kier alpha value is -1.26. The fourth-order valence-corrected chi connectivity index (χ4v) is 2.40. The summed E-state index contributed by atoms with van der Waals surface area (Å²) in [7, 11) is 0. The summed E-state index contributed by atoms with van der Waals surface area (Å²) in [4.78, 5) is 8.50. The number of unbranched alkanes of at least 4 members (excludes halogenated alkanes) is 1. The van der Waals surface area contributed by atoms with Gasteiger partial charge in [-0.15, -0.1) is 0 Å². The highest BCUT2D eigenvalue weighted by Gasteiger charge is 2.13. The smallest absolute Gasteiger partial charge is 0.0841 e. The minimum absolute atomic E-state index is 0.198. The number of hydrogen-bond acceptors (Lipinski definition) is 4. The summed E-state index contributed by atoms with van der Waals surface area (Å²) in [6.07, 6.45) is 16.2. The predicted octanol–water partition coefficient (Wildman–Crippen LogP) is 10.0. The molecule has 1 aliphatic carbocycles. The SMILES string of the molecule is C/C(=C\c1nccnc1C)C(C)(C)C.CC.CC.CC.CC1CC1.CCCC.OCC1CCCCCN1. The first-order chi connectivity index (χ1) is 17.6. The number of aliphatic hydroxyl groups excluding tert-OH is 1. The fourth-order valence-electron chi connectivity index (χ4n) is 2.40. The molecule has 1 unspecified atom stereocenters. The molecule has 0 spiro atoms. The van der Waals surface area contributed by atoms with Crippen LogP contribution >= 0.6 is 0 Å². The van der Waals surface area contributed by atoms with E-state index in [-0.39, 0.29) is 5.41 Å². The summed E-state index contributed by atoms with van der Waals surface area (Å²) in [6.45, 7) is 30.7. The zero-order chi connectivity index (χ0) is 29.7. The van der Waals surface area contributed by atoms with Crippen LogP contribution in [0.4, 0.5) is 0 Å². The molecule has 3 rings (SSSR count). The van der Waals surface area contributed by atoms with E-state index in [1.807, 2.05) is 48.5 Å². The van der Waals surface area contributed by atoms with Crippen LogP contribution in [0.15, 0.2) is 18.0 Å². The Labute approximate surface area is 234 Å². The lowest BCUT2D eigenvalue weighted by Gasteiger charge is -2.19. The third-order valence-corrected chi connectivity index (χ3v) is 5.70. The van der Waals surface area contributed by atoms with Crippen LogP contribution in [0.5, 0.6) is 0 Å². The van der Waals surface area contributed by atoms with E-state index in [0.717, 1.165) is 30.3 Å². The van der Waals surface area contributed by atoms with Crippen molar-refractivity contribution in [2.45, 2.75) is 154 Å². The molecule has 4 heteroatoms. The number of aromatic nitrogens is 2. The monoisotopic (exact) mass is 524 g/mol. The van der Waals surface area contributed by atoms with Gasteiger partial charge in [0, 0.05) is 18.4 Å². The van der Waals surface area contributed by atoms with Crippen LogP contribution < -0.4 is 5.32 Å². The van der Waals surface area contributed by atoms with Crippen molar-refractivity contribution in [3.05, 3.63) is 29.4 Å². The summed E-state index contributed by atoms with van der Waals surface area (Å²) in [5.74, 6) is 1.08. The number of nitrogens with zero attached hydrogens (tertiary/aromatic N) is 2. The lowest BCUT2D eigenvalue weighted by atomic mass is 9.87. The molecule has 2 heterocycles. The van der Waals surface area contributed by atoms with E-state index < -0.39 is 0 Å². The molecule has 0 bridgehead atoms. The van der Waals surface area contributed by atoms with E-state index in [0.29, 0.717) is 12.6 Å². The van der Waals surface area contributed by atoms with Crippen molar-refractivity contribution < 1.29 is 5.11 Å². The molecule has 4 nitrogen and oxygen atoms in total. The molecular weight excluding hydrogens is 454 g/mol. The first kappa shape index (κ1) is 42.8. The van der Waals surface area contributed by atoms with Crippen molar-refractivity contribution in [2.75, 3.05) is 13.2 Å². The maximum atomic E-state index is 8.75. The number of rotatable bonds is 3. The number of nitrogens with one attached hydrogen (secondary N) is 1. The molecule has 1 saturated carbocycles. The van der Waals surface area contributed by atoms with Crippen LogP contribution in [0.3, 0.4) is 0 Å². The summed E-state index contributed by atoms with van der Waals surface area (Å²) < 4.78 is 0. The van der Waals surface area contributed by atoms with Gasteiger partial charge in [0.2, 0.25) is 0 Å². The topological polar surface area (TPSA) is 58.0 Å². The zero-order valence-corrected chi connectivity index (χ0v) is 27.8. The third kappa shape index (κ3) is 30.9. The molecule has 1 aliphatic heterocycles. The summed E-state index contributed by atoms with van der Waals surface area (Å²) in [5, 5.41) is 12.0. The second-order valence-electron chi connectivity index (χ2n) is 9.97. The third-order valence-electron chi connectivity index (χ3n) is 5.70. The Morgan fingerprint density at radius 2 is 1.41 bits per heavy atom. The molecule has 2 fully saturated rings. The van der Waals surface area contributed by atoms with Gasteiger partial charge in [-0.25, -0.2) is 0 Å². The minimum atomic E-state index is 0.198.